The molecule has 1 aromatic carbocycles. The van der Waals surface area contributed by atoms with Crippen LogP contribution >= 0.6 is 11.8 Å². The lowest BCUT2D eigenvalue weighted by molar-refractivity contribution is -0.428. The van der Waals surface area contributed by atoms with E-state index in [1.165, 1.54) is 21.2 Å². The van der Waals surface area contributed by atoms with Gasteiger partial charge in [0.25, 0.3) is 5.91 Å². The summed E-state index contributed by atoms with van der Waals surface area (Å²) in [6, 6.07) is 7.52. The molecule has 9 heteroatoms. The van der Waals surface area contributed by atoms with E-state index in [9.17, 15) is 14.4 Å². The summed E-state index contributed by atoms with van der Waals surface area (Å²) >= 11 is 1.40. The van der Waals surface area contributed by atoms with E-state index in [0.29, 0.717) is 25.3 Å². The van der Waals surface area contributed by atoms with Gasteiger partial charge >= 0.3 is 11.9 Å². The first kappa shape index (κ1) is 22.4. The molecule has 0 saturated carbocycles. The highest BCUT2D eigenvalue weighted by atomic mass is 32.2. The van der Waals surface area contributed by atoms with Crippen molar-refractivity contribution in [2.75, 3.05) is 51.3 Å². The fourth-order valence-corrected chi connectivity index (χ4v) is 5.14. The number of hydrogen-bond donors (Lipinski definition) is 0. The van der Waals surface area contributed by atoms with Crippen molar-refractivity contribution in [2.24, 2.45) is 0 Å². The number of nitrogens with zero attached hydrogens (tertiary/aromatic N) is 4. The van der Waals surface area contributed by atoms with E-state index in [-0.39, 0.29) is 24.4 Å². The Hall–Kier alpha value is -2.81. The Balaban J connectivity index is 1.41. The van der Waals surface area contributed by atoms with Gasteiger partial charge in [0, 0.05) is 31.9 Å². The number of imide groups is 1. The van der Waals surface area contributed by atoms with Gasteiger partial charge in [0.15, 0.2) is 11.8 Å². The van der Waals surface area contributed by atoms with E-state index >= 15 is 0 Å². The van der Waals surface area contributed by atoms with Crippen molar-refractivity contribution in [3.05, 3.63) is 35.7 Å². The highest BCUT2D eigenvalue weighted by Gasteiger charge is 2.49. The zero-order chi connectivity index (χ0) is 22.7. The molecule has 0 spiro atoms. The van der Waals surface area contributed by atoms with Gasteiger partial charge in [-0.3, -0.25) is 4.79 Å². The number of unbranched alkanes of at least 4 members (excludes halogenated alkanes) is 1. The van der Waals surface area contributed by atoms with Crippen LogP contribution in [0.5, 0.6) is 5.75 Å². The fraction of sp³-hybridized carbons (Fsp3) is 0.478. The van der Waals surface area contributed by atoms with Crippen LogP contribution in [0.25, 0.3) is 0 Å². The summed E-state index contributed by atoms with van der Waals surface area (Å²) < 4.78 is 6.71. The van der Waals surface area contributed by atoms with Crippen LogP contribution in [0.1, 0.15) is 19.8 Å². The van der Waals surface area contributed by atoms with Gasteiger partial charge in [-0.15, -0.1) is 11.8 Å². The van der Waals surface area contributed by atoms with Gasteiger partial charge in [-0.2, -0.15) is 14.3 Å². The molecule has 1 saturated heterocycles. The third-order valence-electron chi connectivity index (χ3n) is 6.08. The number of carbonyl (C=O) groups excluding carboxylic acids is 3. The summed E-state index contributed by atoms with van der Waals surface area (Å²) in [6.45, 7) is 5.01. The second-order valence-electron chi connectivity index (χ2n) is 8.02. The summed E-state index contributed by atoms with van der Waals surface area (Å²) in [5.41, 5.74) is 1.73. The predicted molar refractivity (Wildman–Crippen MR) is 124 cm³/mol. The van der Waals surface area contributed by atoms with Crippen LogP contribution in [0.4, 0.5) is 10.5 Å². The second kappa shape index (κ2) is 9.77. The minimum absolute atomic E-state index is 0.0337. The van der Waals surface area contributed by atoms with Crippen molar-refractivity contribution in [1.82, 2.24) is 9.80 Å². The zero-order valence-electron chi connectivity index (χ0n) is 18.5. The number of rotatable bonds is 7. The van der Waals surface area contributed by atoms with Gasteiger partial charge in [0.1, 0.15) is 11.5 Å². The van der Waals surface area contributed by atoms with Gasteiger partial charge in [-0.05, 0) is 42.2 Å². The Labute approximate surface area is 192 Å². The van der Waals surface area contributed by atoms with Gasteiger partial charge in [0.2, 0.25) is 0 Å². The molecule has 4 rings (SSSR count). The molecule has 8 nitrogen and oxygen atoms in total. The van der Waals surface area contributed by atoms with Crippen LogP contribution in [0.15, 0.2) is 35.7 Å². The Morgan fingerprint density at radius 3 is 2.53 bits per heavy atom. The summed E-state index contributed by atoms with van der Waals surface area (Å²) in [6.07, 6.45) is 3.44. The average Bonchev–Trinajstić information content (AvgIpc) is 3.32. The normalized spacial score (nSPS) is 20.8. The van der Waals surface area contributed by atoms with E-state index in [2.05, 4.69) is 4.90 Å². The Kier molecular flexibility index (Phi) is 6.83. The molecule has 4 amide bonds. The van der Waals surface area contributed by atoms with Crippen LogP contribution in [0.2, 0.25) is 0 Å². The molecule has 1 fully saturated rings. The van der Waals surface area contributed by atoms with Crippen molar-refractivity contribution < 1.29 is 23.7 Å². The highest BCUT2D eigenvalue weighted by Crippen LogP contribution is 2.28. The Morgan fingerprint density at radius 1 is 1.16 bits per heavy atom. The van der Waals surface area contributed by atoms with E-state index in [0.717, 1.165) is 37.4 Å². The molecule has 170 valence electrons. The lowest BCUT2D eigenvalue weighted by Crippen LogP contribution is -2.58. The maximum Gasteiger partial charge on any atom is 0.501 e. The molecule has 0 N–H and O–H groups in total. The third-order valence-corrected chi connectivity index (χ3v) is 7.09. The molecule has 0 bridgehead atoms. The van der Waals surface area contributed by atoms with E-state index in [1.54, 1.807) is 13.2 Å². The lowest BCUT2D eigenvalue weighted by atomic mass is 10.1. The quantitative estimate of drug-likeness (QED) is 0.585. The molecule has 0 aromatic heterocycles. The highest BCUT2D eigenvalue weighted by molar-refractivity contribution is 8.04. The standard InChI is InChI=1S/C23H29N4O4S/c1-3-4-10-26-22(29)21-19(9-15-32-21)27(23(26)30)16-20(28)25-13-11-24(12-14-25)17-5-7-18(31-2)8-6-17/h5-9,15,21H,3-4,10-14,16H2,1-2H3/q+1. The maximum atomic E-state index is 13.1. The monoisotopic (exact) mass is 457 g/mol. The second-order valence-corrected chi connectivity index (χ2v) is 9.04. The molecule has 1 aromatic rings. The summed E-state index contributed by atoms with van der Waals surface area (Å²) in [4.78, 5) is 44.3. The molecule has 1 atom stereocenters. The number of fused-ring (bicyclic) bond motifs is 1. The van der Waals surface area contributed by atoms with Crippen LogP contribution in [-0.2, 0) is 9.59 Å². The van der Waals surface area contributed by atoms with Crippen LogP contribution in [0, 0.1) is 0 Å². The van der Waals surface area contributed by atoms with Gasteiger partial charge < -0.3 is 14.5 Å². The maximum absolute atomic E-state index is 13.1. The summed E-state index contributed by atoms with van der Waals surface area (Å²) in [5.74, 6) is 0.550. The number of urea groups is 1. The molecule has 0 aliphatic carbocycles. The first-order chi connectivity index (χ1) is 15.5. The number of anilines is 1. The smallest absolute Gasteiger partial charge is 0.497 e. The number of allylic oxidation sites excluding steroid dienone is 1. The van der Waals surface area contributed by atoms with E-state index < -0.39 is 5.25 Å². The van der Waals surface area contributed by atoms with E-state index in [1.807, 2.05) is 41.5 Å². The molecular formula is C23H29N4O4S+. The fourth-order valence-electron chi connectivity index (χ4n) is 4.18. The average molecular weight is 458 g/mol. The van der Waals surface area contributed by atoms with Crippen LogP contribution in [0.3, 0.4) is 0 Å². The van der Waals surface area contributed by atoms with Gasteiger partial charge in [-0.25, -0.2) is 4.79 Å². The number of methoxy groups -OCH3 is 1. The molecule has 3 aliphatic heterocycles. The number of ether oxygens (including phenoxy) is 1. The number of carbonyl (C=O) groups is 3. The SMILES string of the molecule is CCCCN1C(=O)C2SC=CC2=[N+](CC(=O)N2CCN(c3ccc(OC)cc3)CC2)C1=O. The van der Waals surface area contributed by atoms with Crippen LogP contribution in [-0.4, -0.2) is 89.6 Å². The third kappa shape index (κ3) is 4.39. The van der Waals surface area contributed by atoms with Gasteiger partial charge in [-0.1, -0.05) is 13.3 Å². The van der Waals surface area contributed by atoms with Crippen molar-refractivity contribution in [2.45, 2.75) is 25.0 Å². The predicted octanol–water partition coefficient (Wildman–Crippen LogP) is 2.19. The minimum atomic E-state index is -0.427. The van der Waals surface area contributed by atoms with Gasteiger partial charge in [0.05, 0.1) is 13.7 Å². The molecule has 3 aliphatic rings. The minimum Gasteiger partial charge on any atom is -0.497 e. The molecule has 3 heterocycles. The molecular weight excluding hydrogens is 428 g/mol. The van der Waals surface area contributed by atoms with E-state index in [4.69, 9.17) is 4.74 Å². The Morgan fingerprint density at radius 2 is 1.88 bits per heavy atom. The van der Waals surface area contributed by atoms with Crippen molar-refractivity contribution in [3.8, 4) is 5.75 Å². The number of benzene rings is 1. The van der Waals surface area contributed by atoms with Crippen molar-refractivity contribution in [3.63, 3.8) is 0 Å². The number of piperazine rings is 1. The van der Waals surface area contributed by atoms with Crippen molar-refractivity contribution in [1.29, 1.82) is 0 Å². The molecule has 0 radical (unpaired) electrons. The topological polar surface area (TPSA) is 73.2 Å². The number of thioether (sulfide) groups is 1. The number of hydrogen-bond acceptors (Lipinski definition) is 6. The molecule has 1 unspecified atom stereocenters. The van der Waals surface area contributed by atoms with Crippen LogP contribution < -0.4 is 9.64 Å². The molecule has 32 heavy (non-hydrogen) atoms. The Bertz CT molecular complexity index is 951. The summed E-state index contributed by atoms with van der Waals surface area (Å²) in [7, 11) is 1.64. The zero-order valence-corrected chi connectivity index (χ0v) is 19.3. The largest absolute Gasteiger partial charge is 0.501 e. The first-order valence-electron chi connectivity index (χ1n) is 11.0. The number of amides is 4. The van der Waals surface area contributed by atoms with Crippen molar-refractivity contribution >= 4 is 41.0 Å². The first-order valence-corrected chi connectivity index (χ1v) is 12.0. The summed E-state index contributed by atoms with van der Waals surface area (Å²) in [5, 5.41) is 1.41. The lowest BCUT2D eigenvalue weighted by Gasteiger charge is -2.36.